The number of thiophene rings is 1. The molecule has 0 aliphatic heterocycles. The molecule has 0 fully saturated rings. The van der Waals surface area contributed by atoms with Crippen LogP contribution in [0.15, 0.2) is 6.07 Å². The Kier molecular flexibility index (Phi) is 5.15. The third kappa shape index (κ3) is 3.56. The van der Waals surface area contributed by atoms with Crippen LogP contribution in [0.5, 0.6) is 0 Å². The fraction of sp³-hybridized carbons (Fsp3) is 0.500. The molecule has 94 valence electrons. The van der Waals surface area contributed by atoms with E-state index in [1.165, 1.54) is 0 Å². The molecule has 5 heteroatoms. The fourth-order valence-electron chi connectivity index (χ4n) is 1.46. The lowest BCUT2D eigenvalue weighted by molar-refractivity contribution is 0.0530. The summed E-state index contributed by atoms with van der Waals surface area (Å²) >= 11 is 0.992. The number of ether oxygens (including phenoxy) is 1. The quantitative estimate of drug-likeness (QED) is 0.795. The molecule has 0 atom stereocenters. The zero-order chi connectivity index (χ0) is 12.8. The Bertz CT molecular complexity index is 409. The number of esters is 1. The largest absolute Gasteiger partial charge is 0.477 e. The summed E-state index contributed by atoms with van der Waals surface area (Å²) in [5.74, 6) is -1.42. The van der Waals surface area contributed by atoms with Crippen LogP contribution in [-0.2, 0) is 11.2 Å². The molecule has 0 saturated carbocycles. The van der Waals surface area contributed by atoms with Crippen LogP contribution in [0, 0.1) is 0 Å². The first-order valence-electron chi connectivity index (χ1n) is 5.63. The molecule has 1 aromatic heterocycles. The van der Waals surface area contributed by atoms with Crippen LogP contribution in [0.3, 0.4) is 0 Å². The molecule has 0 aliphatic carbocycles. The van der Waals surface area contributed by atoms with Gasteiger partial charge in [0.2, 0.25) is 0 Å². The van der Waals surface area contributed by atoms with Gasteiger partial charge in [0.05, 0.1) is 6.61 Å². The van der Waals surface area contributed by atoms with Crippen LogP contribution in [0.4, 0.5) is 0 Å². The molecule has 0 saturated heterocycles. The van der Waals surface area contributed by atoms with E-state index in [-0.39, 0.29) is 4.88 Å². The van der Waals surface area contributed by atoms with Gasteiger partial charge < -0.3 is 9.84 Å². The SMILES string of the molecule is CCCCc1cc(C(=O)O)sc1C(=O)OCC. The van der Waals surface area contributed by atoms with Crippen molar-refractivity contribution in [3.63, 3.8) is 0 Å². The Balaban J connectivity index is 2.98. The third-order valence-corrected chi connectivity index (χ3v) is 3.43. The average Bonchev–Trinajstić information content (AvgIpc) is 2.70. The molecule has 0 aliphatic rings. The van der Waals surface area contributed by atoms with Gasteiger partial charge in [-0.1, -0.05) is 13.3 Å². The van der Waals surface area contributed by atoms with E-state index in [4.69, 9.17) is 9.84 Å². The highest BCUT2D eigenvalue weighted by atomic mass is 32.1. The second-order valence-electron chi connectivity index (χ2n) is 3.59. The lowest BCUT2D eigenvalue weighted by Gasteiger charge is -2.02. The molecule has 0 unspecified atom stereocenters. The minimum absolute atomic E-state index is 0.194. The van der Waals surface area contributed by atoms with Crippen molar-refractivity contribution in [1.29, 1.82) is 0 Å². The van der Waals surface area contributed by atoms with Gasteiger partial charge in [0.15, 0.2) is 0 Å². The molecule has 0 aromatic carbocycles. The van der Waals surface area contributed by atoms with Gasteiger partial charge in [-0.3, -0.25) is 0 Å². The average molecular weight is 256 g/mol. The van der Waals surface area contributed by atoms with Crippen molar-refractivity contribution in [2.45, 2.75) is 33.1 Å². The standard InChI is InChI=1S/C12H16O4S/c1-3-5-6-8-7-9(11(13)14)17-10(8)12(15)16-4-2/h7H,3-6H2,1-2H3,(H,13,14). The maximum Gasteiger partial charge on any atom is 0.348 e. The molecule has 4 nitrogen and oxygen atoms in total. The second-order valence-corrected chi connectivity index (χ2v) is 4.65. The minimum atomic E-state index is -0.997. The molecule has 17 heavy (non-hydrogen) atoms. The number of carbonyl (C=O) groups excluding carboxylic acids is 1. The van der Waals surface area contributed by atoms with E-state index in [1.54, 1.807) is 13.0 Å². The smallest absolute Gasteiger partial charge is 0.348 e. The fourth-order valence-corrected chi connectivity index (χ4v) is 2.40. The van der Waals surface area contributed by atoms with Crippen molar-refractivity contribution in [3.05, 3.63) is 21.4 Å². The van der Waals surface area contributed by atoms with Crippen molar-refractivity contribution in [1.82, 2.24) is 0 Å². The van der Waals surface area contributed by atoms with Gasteiger partial charge in [-0.05, 0) is 31.4 Å². The summed E-state index contributed by atoms with van der Waals surface area (Å²) in [6.45, 7) is 4.08. The summed E-state index contributed by atoms with van der Waals surface area (Å²) in [4.78, 5) is 23.2. The van der Waals surface area contributed by atoms with Gasteiger partial charge in [-0.25, -0.2) is 9.59 Å². The van der Waals surface area contributed by atoms with Crippen LogP contribution in [0.2, 0.25) is 0 Å². The number of hydrogen-bond acceptors (Lipinski definition) is 4. The Morgan fingerprint density at radius 3 is 2.65 bits per heavy atom. The third-order valence-electron chi connectivity index (χ3n) is 2.28. The second kappa shape index (κ2) is 6.39. The number of carboxylic acids is 1. The van der Waals surface area contributed by atoms with Crippen molar-refractivity contribution in [2.24, 2.45) is 0 Å². The molecule has 1 aromatic rings. The molecule has 1 N–H and O–H groups in total. The highest BCUT2D eigenvalue weighted by Gasteiger charge is 2.19. The van der Waals surface area contributed by atoms with Crippen molar-refractivity contribution >= 4 is 23.3 Å². The van der Waals surface area contributed by atoms with E-state index in [0.717, 1.165) is 29.7 Å². The van der Waals surface area contributed by atoms with Gasteiger partial charge in [-0.15, -0.1) is 11.3 Å². The van der Waals surface area contributed by atoms with Crippen molar-refractivity contribution in [2.75, 3.05) is 6.61 Å². The minimum Gasteiger partial charge on any atom is -0.477 e. The predicted molar refractivity (Wildman–Crippen MR) is 65.8 cm³/mol. The maximum atomic E-state index is 11.7. The zero-order valence-corrected chi connectivity index (χ0v) is 10.8. The molecule has 0 bridgehead atoms. The van der Waals surface area contributed by atoms with E-state index in [9.17, 15) is 9.59 Å². The molecule has 0 radical (unpaired) electrons. The molecule has 0 amide bonds. The van der Waals surface area contributed by atoms with Crippen LogP contribution in [0.25, 0.3) is 0 Å². The summed E-state index contributed by atoms with van der Waals surface area (Å²) in [6, 6.07) is 1.58. The zero-order valence-electron chi connectivity index (χ0n) is 9.99. The number of carbonyl (C=O) groups is 2. The highest BCUT2D eigenvalue weighted by Crippen LogP contribution is 2.25. The van der Waals surface area contributed by atoms with E-state index in [0.29, 0.717) is 17.9 Å². The van der Waals surface area contributed by atoms with Crippen LogP contribution in [0.1, 0.15) is 51.6 Å². The topological polar surface area (TPSA) is 63.6 Å². The van der Waals surface area contributed by atoms with E-state index >= 15 is 0 Å². The number of aryl methyl sites for hydroxylation is 1. The molecular weight excluding hydrogens is 240 g/mol. The number of rotatable bonds is 6. The number of unbranched alkanes of at least 4 members (excludes halogenated alkanes) is 1. The Morgan fingerprint density at radius 1 is 1.41 bits per heavy atom. The number of hydrogen-bond donors (Lipinski definition) is 1. The summed E-state index contributed by atoms with van der Waals surface area (Å²) in [6.07, 6.45) is 2.65. The summed E-state index contributed by atoms with van der Waals surface area (Å²) in [5, 5.41) is 8.92. The lowest BCUT2D eigenvalue weighted by atomic mass is 10.1. The van der Waals surface area contributed by atoms with Crippen LogP contribution >= 0.6 is 11.3 Å². The lowest BCUT2D eigenvalue weighted by Crippen LogP contribution is -2.04. The monoisotopic (exact) mass is 256 g/mol. The van der Waals surface area contributed by atoms with Crippen molar-refractivity contribution < 1.29 is 19.4 Å². The summed E-state index contributed by atoms with van der Waals surface area (Å²) < 4.78 is 4.92. The van der Waals surface area contributed by atoms with Gasteiger partial charge >= 0.3 is 11.9 Å². The van der Waals surface area contributed by atoms with Crippen LogP contribution < -0.4 is 0 Å². The summed E-state index contributed by atoms with van der Waals surface area (Å²) in [7, 11) is 0. The van der Waals surface area contributed by atoms with E-state index < -0.39 is 11.9 Å². The normalized spacial score (nSPS) is 10.2. The number of carboxylic acid groups (broad SMARTS) is 1. The van der Waals surface area contributed by atoms with E-state index in [1.807, 2.05) is 0 Å². The first-order valence-corrected chi connectivity index (χ1v) is 6.44. The predicted octanol–water partition coefficient (Wildman–Crippen LogP) is 2.97. The summed E-state index contributed by atoms with van der Waals surface area (Å²) in [5.41, 5.74) is 0.785. The molecule has 0 spiro atoms. The van der Waals surface area contributed by atoms with Gasteiger partial charge in [0, 0.05) is 0 Å². The molecule has 1 rings (SSSR count). The first kappa shape index (κ1) is 13.7. The van der Waals surface area contributed by atoms with Gasteiger partial charge in [-0.2, -0.15) is 0 Å². The number of aromatic carboxylic acids is 1. The van der Waals surface area contributed by atoms with Crippen molar-refractivity contribution in [3.8, 4) is 0 Å². The van der Waals surface area contributed by atoms with Crippen LogP contribution in [-0.4, -0.2) is 23.7 Å². The Labute approximate surface area is 104 Å². The van der Waals surface area contributed by atoms with Gasteiger partial charge in [0.25, 0.3) is 0 Å². The molecular formula is C12H16O4S. The molecule has 1 heterocycles. The maximum absolute atomic E-state index is 11.7. The van der Waals surface area contributed by atoms with Gasteiger partial charge in [0.1, 0.15) is 9.75 Å². The van der Waals surface area contributed by atoms with E-state index in [2.05, 4.69) is 6.92 Å². The Morgan fingerprint density at radius 2 is 2.12 bits per heavy atom. The highest BCUT2D eigenvalue weighted by molar-refractivity contribution is 7.16. The first-order chi connectivity index (χ1) is 8.10. The Hall–Kier alpha value is -1.36.